The topological polar surface area (TPSA) is 95.9 Å². The predicted molar refractivity (Wildman–Crippen MR) is 106 cm³/mol. The highest BCUT2D eigenvalue weighted by Gasteiger charge is 2.26. The normalized spacial score (nSPS) is 18.5. The van der Waals surface area contributed by atoms with Crippen molar-refractivity contribution in [3.05, 3.63) is 78.1 Å². The van der Waals surface area contributed by atoms with Crippen LogP contribution in [0.1, 0.15) is 17.9 Å². The van der Waals surface area contributed by atoms with Crippen LogP contribution in [0.15, 0.2) is 66.7 Å². The van der Waals surface area contributed by atoms with Crippen molar-refractivity contribution in [3.8, 4) is 5.75 Å². The van der Waals surface area contributed by atoms with Gasteiger partial charge >= 0.3 is 11.9 Å². The van der Waals surface area contributed by atoms with Gasteiger partial charge in [0, 0.05) is 36.6 Å². The molecule has 6 nitrogen and oxygen atoms in total. The number of carboxylic acids is 2. The number of halogens is 1. The van der Waals surface area contributed by atoms with Crippen LogP contribution in [0.4, 0.5) is 4.39 Å². The molecule has 0 saturated carbocycles. The molecule has 0 unspecified atom stereocenters. The molecule has 0 aliphatic carbocycles. The lowest BCUT2D eigenvalue weighted by Crippen LogP contribution is -2.37. The molecule has 1 fully saturated rings. The maximum Gasteiger partial charge on any atom is 0.328 e. The van der Waals surface area contributed by atoms with Gasteiger partial charge in [-0.25, -0.2) is 14.0 Å². The molecule has 0 radical (unpaired) electrons. The summed E-state index contributed by atoms with van der Waals surface area (Å²) in [6, 6.07) is 16.9. The number of ether oxygens (including phenoxy) is 1. The fourth-order valence-electron chi connectivity index (χ4n) is 3.11. The number of rotatable bonds is 6. The number of benzene rings is 2. The van der Waals surface area contributed by atoms with Gasteiger partial charge in [-0.3, -0.25) is 0 Å². The number of nitrogens with one attached hydrogen (secondary N) is 1. The maximum absolute atomic E-state index is 13.2. The first-order valence-corrected chi connectivity index (χ1v) is 9.23. The molecule has 3 N–H and O–H groups in total. The van der Waals surface area contributed by atoms with E-state index in [2.05, 4.69) is 29.6 Å². The van der Waals surface area contributed by atoms with Gasteiger partial charge in [0.25, 0.3) is 0 Å². The zero-order chi connectivity index (χ0) is 21.1. The van der Waals surface area contributed by atoms with Crippen molar-refractivity contribution in [2.24, 2.45) is 5.92 Å². The lowest BCUT2D eigenvalue weighted by Gasteiger charge is -2.32. The van der Waals surface area contributed by atoms with E-state index in [0.717, 1.165) is 19.5 Å². The number of aliphatic carboxylic acids is 2. The summed E-state index contributed by atoms with van der Waals surface area (Å²) in [7, 11) is 0. The van der Waals surface area contributed by atoms with Crippen LogP contribution in [0.25, 0.3) is 0 Å². The third-order valence-electron chi connectivity index (χ3n) is 4.48. The molecule has 0 bridgehead atoms. The second-order valence-corrected chi connectivity index (χ2v) is 6.55. The van der Waals surface area contributed by atoms with Gasteiger partial charge < -0.3 is 20.3 Å². The average Bonchev–Trinajstić information content (AvgIpc) is 2.72. The summed E-state index contributed by atoms with van der Waals surface area (Å²) in [6.07, 6.45) is 2.19. The molecule has 0 aromatic heterocycles. The van der Waals surface area contributed by atoms with Crippen LogP contribution < -0.4 is 10.1 Å². The van der Waals surface area contributed by atoms with Gasteiger partial charge in [-0.2, -0.15) is 0 Å². The van der Waals surface area contributed by atoms with Gasteiger partial charge in [-0.1, -0.05) is 36.4 Å². The lowest BCUT2D eigenvalue weighted by atomic mass is 9.82. The molecule has 2 aromatic rings. The Hall–Kier alpha value is -3.19. The van der Waals surface area contributed by atoms with Crippen LogP contribution in [0.2, 0.25) is 0 Å². The summed E-state index contributed by atoms with van der Waals surface area (Å²) in [4.78, 5) is 19.1. The monoisotopic (exact) mass is 401 g/mol. The molecule has 3 rings (SSSR count). The zero-order valence-corrected chi connectivity index (χ0v) is 15.8. The molecule has 1 aliphatic heterocycles. The van der Waals surface area contributed by atoms with Gasteiger partial charge in [-0.15, -0.1) is 0 Å². The van der Waals surface area contributed by atoms with E-state index in [1.54, 1.807) is 6.07 Å². The van der Waals surface area contributed by atoms with E-state index < -0.39 is 11.9 Å². The fourth-order valence-corrected chi connectivity index (χ4v) is 3.11. The third kappa shape index (κ3) is 8.15. The highest BCUT2D eigenvalue weighted by Crippen LogP contribution is 2.30. The number of piperidine rings is 1. The van der Waals surface area contributed by atoms with E-state index in [9.17, 15) is 14.0 Å². The van der Waals surface area contributed by atoms with Crippen LogP contribution >= 0.6 is 0 Å². The summed E-state index contributed by atoms with van der Waals surface area (Å²) < 4.78 is 19.0. The van der Waals surface area contributed by atoms with Gasteiger partial charge in [0.15, 0.2) is 0 Å². The number of hydrogen-bond acceptors (Lipinski definition) is 4. The quantitative estimate of drug-likeness (QED) is 0.643. The van der Waals surface area contributed by atoms with Crippen molar-refractivity contribution in [3.63, 3.8) is 0 Å². The molecular formula is C22H24FNO5. The Bertz CT molecular complexity index is 809. The fraction of sp³-hybridized carbons (Fsp3) is 0.273. The first kappa shape index (κ1) is 22.1. The molecule has 1 heterocycles. The van der Waals surface area contributed by atoms with E-state index in [1.807, 2.05) is 12.1 Å². The van der Waals surface area contributed by atoms with E-state index in [4.69, 9.17) is 14.9 Å². The molecule has 1 saturated heterocycles. The van der Waals surface area contributed by atoms with E-state index >= 15 is 0 Å². The highest BCUT2D eigenvalue weighted by molar-refractivity contribution is 5.89. The summed E-state index contributed by atoms with van der Waals surface area (Å²) in [5, 5.41) is 19.1. The van der Waals surface area contributed by atoms with Gasteiger partial charge in [-0.05, 0) is 30.7 Å². The minimum absolute atomic E-state index is 0.252. The number of carboxylic acid groups (broad SMARTS) is 2. The molecule has 154 valence electrons. The molecular weight excluding hydrogens is 377 g/mol. The largest absolute Gasteiger partial charge is 0.493 e. The third-order valence-corrected chi connectivity index (χ3v) is 4.48. The minimum atomic E-state index is -1.26. The first-order valence-electron chi connectivity index (χ1n) is 9.23. The van der Waals surface area contributed by atoms with Crippen LogP contribution in [0.3, 0.4) is 0 Å². The van der Waals surface area contributed by atoms with E-state index in [0.29, 0.717) is 36.3 Å². The zero-order valence-electron chi connectivity index (χ0n) is 15.8. The molecule has 29 heavy (non-hydrogen) atoms. The standard InChI is InChI=1S/C18H20FNO.C4H4O4/c19-16-7-4-8-17(11-16)21-13-15-9-10-20-12-18(15)14-5-2-1-3-6-14;5-3(6)1-2-4(7)8/h1-8,11,15,18,20H,9-10,12-13H2;1-2H,(H,5,6)(H,7,8)/b;2-1+/t15-,18-;/m1./s1. The average molecular weight is 401 g/mol. The molecule has 2 aromatic carbocycles. The SMILES string of the molecule is Fc1cccc(OC[C@H]2CCNC[C@@H]2c2ccccc2)c1.O=C(O)/C=C/C(=O)O. The Morgan fingerprint density at radius 1 is 1.07 bits per heavy atom. The predicted octanol–water partition coefficient (Wildman–Crippen LogP) is 3.31. The Kier molecular flexibility index (Phi) is 8.85. The number of carbonyl (C=O) groups is 2. The molecule has 1 aliphatic rings. The van der Waals surface area contributed by atoms with E-state index in [-0.39, 0.29) is 5.82 Å². The summed E-state index contributed by atoms with van der Waals surface area (Å²) >= 11 is 0. The molecule has 0 amide bonds. The van der Waals surface area contributed by atoms with Crippen molar-refractivity contribution >= 4 is 11.9 Å². The lowest BCUT2D eigenvalue weighted by molar-refractivity contribution is -0.134. The Labute approximate surface area is 168 Å². The summed E-state index contributed by atoms with van der Waals surface area (Å²) in [6.45, 7) is 2.62. The van der Waals surface area contributed by atoms with Crippen molar-refractivity contribution < 1.29 is 28.9 Å². The van der Waals surface area contributed by atoms with Crippen LogP contribution in [0.5, 0.6) is 5.75 Å². The maximum atomic E-state index is 13.2. The minimum Gasteiger partial charge on any atom is -0.493 e. The molecule has 0 spiro atoms. The van der Waals surface area contributed by atoms with Gasteiger partial charge in [0.1, 0.15) is 11.6 Å². The first-order chi connectivity index (χ1) is 14.0. The van der Waals surface area contributed by atoms with Crippen LogP contribution in [-0.4, -0.2) is 41.8 Å². The van der Waals surface area contributed by atoms with Crippen molar-refractivity contribution in [2.75, 3.05) is 19.7 Å². The Morgan fingerprint density at radius 2 is 1.76 bits per heavy atom. The Morgan fingerprint density at radius 3 is 2.38 bits per heavy atom. The second kappa shape index (κ2) is 11.6. The van der Waals surface area contributed by atoms with Crippen molar-refractivity contribution in [2.45, 2.75) is 12.3 Å². The molecule has 2 atom stereocenters. The smallest absolute Gasteiger partial charge is 0.328 e. The van der Waals surface area contributed by atoms with Crippen molar-refractivity contribution in [1.29, 1.82) is 0 Å². The van der Waals surface area contributed by atoms with Gasteiger partial charge in [0.05, 0.1) is 6.61 Å². The second-order valence-electron chi connectivity index (χ2n) is 6.55. The van der Waals surface area contributed by atoms with Crippen LogP contribution in [0, 0.1) is 11.7 Å². The van der Waals surface area contributed by atoms with Crippen LogP contribution in [-0.2, 0) is 9.59 Å². The summed E-state index contributed by atoms with van der Waals surface area (Å²) in [5.41, 5.74) is 1.34. The highest BCUT2D eigenvalue weighted by atomic mass is 19.1. The Balaban J connectivity index is 0.000000321. The van der Waals surface area contributed by atoms with E-state index in [1.165, 1.54) is 17.7 Å². The number of hydrogen-bond donors (Lipinski definition) is 3. The van der Waals surface area contributed by atoms with Gasteiger partial charge in [0.2, 0.25) is 0 Å². The van der Waals surface area contributed by atoms with Crippen molar-refractivity contribution in [1.82, 2.24) is 5.32 Å². The summed E-state index contributed by atoms with van der Waals surface area (Å²) in [5.74, 6) is -1.25. The molecule has 7 heteroatoms.